The summed E-state index contributed by atoms with van der Waals surface area (Å²) in [6.07, 6.45) is 0.946. The molecule has 3 N–H and O–H groups in total. The van der Waals surface area contributed by atoms with Crippen LogP contribution in [0.15, 0.2) is 36.4 Å². The number of rotatable bonds is 4. The fraction of sp³-hybridized carbons (Fsp3) is 0.267. The third kappa shape index (κ3) is 6.56. The first kappa shape index (κ1) is 17.2. The molecule has 22 heavy (non-hydrogen) atoms. The van der Waals surface area contributed by atoms with Crippen LogP contribution in [-0.4, -0.2) is 28.7 Å². The van der Waals surface area contributed by atoms with Crippen molar-refractivity contribution in [3.8, 4) is 0 Å². The average Bonchev–Trinajstić information content (AvgIpc) is 2.36. The van der Waals surface area contributed by atoms with E-state index >= 15 is 0 Å². The minimum Gasteiger partial charge on any atom is -0.478 e. The number of carboxylic acid groups (broad SMARTS) is 1. The van der Waals surface area contributed by atoms with E-state index in [1.165, 1.54) is 0 Å². The zero-order valence-electron chi connectivity index (χ0n) is 12.5. The summed E-state index contributed by atoms with van der Waals surface area (Å²) >= 11 is 0. The van der Waals surface area contributed by atoms with Gasteiger partial charge in [-0.15, -0.1) is 0 Å². The van der Waals surface area contributed by atoms with E-state index in [2.05, 4.69) is 10.6 Å². The molecule has 7 nitrogen and oxygen atoms in total. The average molecular weight is 306 g/mol. The zero-order valence-corrected chi connectivity index (χ0v) is 12.5. The molecule has 0 fully saturated rings. The van der Waals surface area contributed by atoms with E-state index in [0.29, 0.717) is 11.4 Å². The molecule has 0 aliphatic rings. The number of benzene rings is 1. The van der Waals surface area contributed by atoms with Gasteiger partial charge < -0.3 is 15.2 Å². The first-order valence-corrected chi connectivity index (χ1v) is 6.48. The van der Waals surface area contributed by atoms with Crippen LogP contribution in [0, 0.1) is 0 Å². The number of para-hydroxylation sites is 2. The summed E-state index contributed by atoms with van der Waals surface area (Å²) in [5, 5.41) is 13.5. The molecule has 0 saturated carbocycles. The third-order valence-electron chi connectivity index (χ3n) is 2.20. The van der Waals surface area contributed by atoms with E-state index in [1.807, 2.05) is 0 Å². The van der Waals surface area contributed by atoms with Gasteiger partial charge in [-0.1, -0.05) is 12.1 Å². The molecule has 0 heterocycles. The van der Waals surface area contributed by atoms with Crippen molar-refractivity contribution in [2.24, 2.45) is 0 Å². The number of aliphatic carboxylic acids is 1. The standard InChI is InChI=1S/C15H18N2O5/c1-15(2,3)22-14(21)17-11-7-5-4-6-10(11)16-12(18)8-9-13(19)20/h4-9H,1-3H3,(H,16,18)(H,17,21)(H,19,20). The Morgan fingerprint density at radius 3 is 2.09 bits per heavy atom. The number of nitrogens with one attached hydrogen (secondary N) is 2. The fourth-order valence-electron chi connectivity index (χ4n) is 1.44. The molecule has 0 atom stereocenters. The van der Waals surface area contributed by atoms with Gasteiger partial charge in [0.25, 0.3) is 0 Å². The monoisotopic (exact) mass is 306 g/mol. The van der Waals surface area contributed by atoms with Gasteiger partial charge >= 0.3 is 12.1 Å². The Morgan fingerprint density at radius 2 is 1.59 bits per heavy atom. The van der Waals surface area contributed by atoms with Crippen LogP contribution >= 0.6 is 0 Å². The van der Waals surface area contributed by atoms with Gasteiger partial charge in [-0.25, -0.2) is 9.59 Å². The molecule has 0 spiro atoms. The molecule has 118 valence electrons. The molecule has 7 heteroatoms. The molecule has 0 bridgehead atoms. The van der Waals surface area contributed by atoms with Crippen molar-refractivity contribution >= 4 is 29.3 Å². The number of anilines is 2. The minimum absolute atomic E-state index is 0.327. The van der Waals surface area contributed by atoms with Gasteiger partial charge in [0.2, 0.25) is 5.91 Å². The molecule has 0 aliphatic carbocycles. The number of hydrogen-bond acceptors (Lipinski definition) is 4. The smallest absolute Gasteiger partial charge is 0.412 e. The Morgan fingerprint density at radius 1 is 1.05 bits per heavy atom. The molecule has 1 rings (SSSR count). The molecule has 1 aromatic rings. The predicted molar refractivity (Wildman–Crippen MR) is 81.7 cm³/mol. The third-order valence-corrected chi connectivity index (χ3v) is 2.20. The van der Waals surface area contributed by atoms with Crippen molar-refractivity contribution in [2.45, 2.75) is 26.4 Å². The maximum absolute atomic E-state index is 11.7. The van der Waals surface area contributed by atoms with E-state index in [9.17, 15) is 14.4 Å². The van der Waals surface area contributed by atoms with Gasteiger partial charge in [-0.2, -0.15) is 0 Å². The highest BCUT2D eigenvalue weighted by Crippen LogP contribution is 2.22. The van der Waals surface area contributed by atoms with Gasteiger partial charge in [-0.3, -0.25) is 10.1 Å². The Bertz CT molecular complexity index is 602. The topological polar surface area (TPSA) is 105 Å². The number of ether oxygens (including phenoxy) is 1. The van der Waals surface area contributed by atoms with Crippen molar-refractivity contribution < 1.29 is 24.2 Å². The van der Waals surface area contributed by atoms with E-state index in [0.717, 1.165) is 12.2 Å². The van der Waals surface area contributed by atoms with Crippen LogP contribution in [0.1, 0.15) is 20.8 Å². The Labute approximate surface area is 128 Å². The molecule has 0 aliphatic heterocycles. The molecule has 0 saturated heterocycles. The summed E-state index contributed by atoms with van der Waals surface area (Å²) < 4.78 is 5.13. The maximum Gasteiger partial charge on any atom is 0.412 e. The quantitative estimate of drug-likeness (QED) is 0.742. The summed E-state index contributed by atoms with van der Waals surface area (Å²) in [4.78, 5) is 33.7. The number of hydrogen-bond donors (Lipinski definition) is 3. The first-order chi connectivity index (χ1) is 10.2. The summed E-state index contributed by atoms with van der Waals surface area (Å²) in [5.74, 6) is -1.85. The molecule has 1 aromatic carbocycles. The lowest BCUT2D eigenvalue weighted by Crippen LogP contribution is -2.27. The van der Waals surface area contributed by atoms with E-state index < -0.39 is 23.6 Å². The van der Waals surface area contributed by atoms with Gasteiger partial charge in [0.05, 0.1) is 11.4 Å². The highest BCUT2D eigenvalue weighted by molar-refractivity contribution is 6.05. The highest BCUT2D eigenvalue weighted by Gasteiger charge is 2.17. The molecule has 0 aromatic heterocycles. The largest absolute Gasteiger partial charge is 0.478 e. The number of carbonyl (C=O) groups is 3. The van der Waals surface area contributed by atoms with Crippen molar-refractivity contribution in [2.75, 3.05) is 10.6 Å². The molecular formula is C15H18N2O5. The van der Waals surface area contributed by atoms with Crippen LogP contribution < -0.4 is 10.6 Å². The van der Waals surface area contributed by atoms with Crippen LogP contribution in [0.4, 0.5) is 16.2 Å². The highest BCUT2D eigenvalue weighted by atomic mass is 16.6. The summed E-state index contributed by atoms with van der Waals surface area (Å²) in [5.41, 5.74) is 0.0224. The second-order valence-electron chi connectivity index (χ2n) is 5.33. The van der Waals surface area contributed by atoms with E-state index in [1.54, 1.807) is 45.0 Å². The van der Waals surface area contributed by atoms with Crippen molar-refractivity contribution in [3.63, 3.8) is 0 Å². The van der Waals surface area contributed by atoms with Gasteiger partial charge in [0.1, 0.15) is 5.60 Å². The lowest BCUT2D eigenvalue weighted by atomic mass is 10.2. The van der Waals surface area contributed by atoms with Crippen molar-refractivity contribution in [1.82, 2.24) is 0 Å². The lowest BCUT2D eigenvalue weighted by Gasteiger charge is -2.20. The predicted octanol–water partition coefficient (Wildman–Crippen LogP) is 2.61. The Hall–Kier alpha value is -2.83. The molecular weight excluding hydrogens is 288 g/mol. The van der Waals surface area contributed by atoms with E-state index in [4.69, 9.17) is 9.84 Å². The van der Waals surface area contributed by atoms with Gasteiger partial charge in [0, 0.05) is 12.2 Å². The van der Waals surface area contributed by atoms with Crippen LogP contribution in [-0.2, 0) is 14.3 Å². The lowest BCUT2D eigenvalue weighted by molar-refractivity contribution is -0.131. The van der Waals surface area contributed by atoms with Gasteiger partial charge in [-0.05, 0) is 32.9 Å². The Balaban J connectivity index is 2.80. The molecule has 2 amide bonds. The van der Waals surface area contributed by atoms with Crippen LogP contribution in [0.3, 0.4) is 0 Å². The molecule has 0 radical (unpaired) electrons. The minimum atomic E-state index is -1.23. The summed E-state index contributed by atoms with van der Waals surface area (Å²) in [6, 6.07) is 6.49. The first-order valence-electron chi connectivity index (χ1n) is 6.48. The zero-order chi connectivity index (χ0) is 16.8. The summed E-state index contributed by atoms with van der Waals surface area (Å²) in [7, 11) is 0. The van der Waals surface area contributed by atoms with Crippen LogP contribution in [0.5, 0.6) is 0 Å². The summed E-state index contributed by atoms with van der Waals surface area (Å²) in [6.45, 7) is 5.20. The van der Waals surface area contributed by atoms with Gasteiger partial charge in [0.15, 0.2) is 0 Å². The van der Waals surface area contributed by atoms with E-state index in [-0.39, 0.29) is 0 Å². The maximum atomic E-state index is 11.7. The van der Waals surface area contributed by atoms with Crippen LogP contribution in [0.2, 0.25) is 0 Å². The second kappa shape index (κ2) is 7.26. The number of carboxylic acids is 1. The van der Waals surface area contributed by atoms with Crippen LogP contribution in [0.25, 0.3) is 0 Å². The van der Waals surface area contributed by atoms with Crippen molar-refractivity contribution in [3.05, 3.63) is 36.4 Å². The molecule has 0 unspecified atom stereocenters. The number of carbonyl (C=O) groups excluding carboxylic acids is 2. The van der Waals surface area contributed by atoms with Crippen molar-refractivity contribution in [1.29, 1.82) is 0 Å². The number of amides is 2. The normalized spacial score (nSPS) is 11.0. The fourth-order valence-corrected chi connectivity index (χ4v) is 1.44. The Kier molecular flexibility index (Phi) is 5.68. The SMILES string of the molecule is CC(C)(C)OC(=O)Nc1ccccc1NC(=O)C=CC(=O)O. The second-order valence-corrected chi connectivity index (χ2v) is 5.33.